The van der Waals surface area contributed by atoms with Gasteiger partial charge in [0.15, 0.2) is 0 Å². The highest BCUT2D eigenvalue weighted by atomic mass is 15.3. The number of H-pyrrole nitrogens is 1. The van der Waals surface area contributed by atoms with E-state index >= 15 is 0 Å². The first-order valence-electron chi connectivity index (χ1n) is 7.50. The molecule has 0 unspecified atom stereocenters. The lowest BCUT2D eigenvalue weighted by Crippen LogP contribution is -2.46. The minimum atomic E-state index is 0.626. The van der Waals surface area contributed by atoms with Gasteiger partial charge in [0.25, 0.3) is 0 Å². The van der Waals surface area contributed by atoms with E-state index in [4.69, 9.17) is 5.26 Å². The summed E-state index contributed by atoms with van der Waals surface area (Å²) in [5.41, 5.74) is 4.00. The molecule has 0 radical (unpaired) electrons. The lowest BCUT2D eigenvalue weighted by Gasteiger charge is -2.35. The fraction of sp³-hybridized carbons (Fsp3) is 0.438. The number of nitrogens with one attached hydrogen (secondary N) is 1. The Kier molecular flexibility index (Phi) is 4.07. The summed E-state index contributed by atoms with van der Waals surface area (Å²) in [6, 6.07) is 4.05. The van der Waals surface area contributed by atoms with E-state index < -0.39 is 0 Å². The Labute approximate surface area is 130 Å². The van der Waals surface area contributed by atoms with Gasteiger partial charge in [0.05, 0.1) is 0 Å². The van der Waals surface area contributed by atoms with Gasteiger partial charge in [0.1, 0.15) is 23.9 Å². The highest BCUT2D eigenvalue weighted by molar-refractivity contribution is 5.47. The van der Waals surface area contributed by atoms with E-state index in [1.54, 1.807) is 6.33 Å². The Morgan fingerprint density at radius 3 is 2.68 bits per heavy atom. The van der Waals surface area contributed by atoms with E-state index in [1.807, 2.05) is 19.2 Å². The molecule has 3 rings (SSSR count). The highest BCUT2D eigenvalue weighted by Crippen LogP contribution is 2.20. The maximum absolute atomic E-state index is 8.85. The molecule has 3 heterocycles. The van der Waals surface area contributed by atoms with Crippen LogP contribution in [0.1, 0.15) is 22.5 Å². The molecule has 0 aromatic carbocycles. The summed E-state index contributed by atoms with van der Waals surface area (Å²) in [5, 5.41) is 8.85. The number of aromatic amines is 1. The fourth-order valence-corrected chi connectivity index (χ4v) is 2.82. The minimum Gasteiger partial charge on any atom is -0.354 e. The van der Waals surface area contributed by atoms with Crippen LogP contribution < -0.4 is 4.90 Å². The average molecular weight is 296 g/mol. The lowest BCUT2D eigenvalue weighted by molar-refractivity contribution is 0.249. The molecule has 2 aromatic rings. The van der Waals surface area contributed by atoms with Crippen molar-refractivity contribution in [3.8, 4) is 6.07 Å². The zero-order chi connectivity index (χ0) is 15.5. The van der Waals surface area contributed by atoms with Crippen molar-refractivity contribution >= 4 is 5.82 Å². The number of rotatable bonds is 3. The van der Waals surface area contributed by atoms with Gasteiger partial charge in [-0.1, -0.05) is 0 Å². The third-order valence-corrected chi connectivity index (χ3v) is 4.25. The largest absolute Gasteiger partial charge is 0.354 e. The Balaban J connectivity index is 1.60. The maximum Gasteiger partial charge on any atom is 0.135 e. The number of piperazine rings is 1. The van der Waals surface area contributed by atoms with Crippen molar-refractivity contribution in [1.29, 1.82) is 5.26 Å². The second-order valence-electron chi connectivity index (χ2n) is 5.70. The monoisotopic (exact) mass is 296 g/mol. The van der Waals surface area contributed by atoms with Gasteiger partial charge in [-0.05, 0) is 25.5 Å². The highest BCUT2D eigenvalue weighted by Gasteiger charge is 2.20. The molecule has 1 aliphatic rings. The summed E-state index contributed by atoms with van der Waals surface area (Å²) in [4.78, 5) is 16.4. The summed E-state index contributed by atoms with van der Waals surface area (Å²) in [6.45, 7) is 8.91. The molecule has 6 nitrogen and oxygen atoms in total. The van der Waals surface area contributed by atoms with E-state index in [-0.39, 0.29) is 0 Å². The van der Waals surface area contributed by atoms with Gasteiger partial charge in [-0.15, -0.1) is 0 Å². The zero-order valence-electron chi connectivity index (χ0n) is 13.0. The van der Waals surface area contributed by atoms with Crippen molar-refractivity contribution in [3.05, 3.63) is 41.1 Å². The Bertz CT molecular complexity index is 691. The molecule has 0 atom stereocenters. The quantitative estimate of drug-likeness (QED) is 0.931. The van der Waals surface area contributed by atoms with Gasteiger partial charge < -0.3 is 9.88 Å². The van der Waals surface area contributed by atoms with Gasteiger partial charge >= 0.3 is 0 Å². The van der Waals surface area contributed by atoms with Crippen LogP contribution in [0.2, 0.25) is 0 Å². The first-order valence-corrected chi connectivity index (χ1v) is 7.50. The van der Waals surface area contributed by atoms with E-state index in [9.17, 15) is 0 Å². The van der Waals surface area contributed by atoms with Crippen LogP contribution in [0.5, 0.6) is 0 Å². The Morgan fingerprint density at radius 2 is 2.00 bits per heavy atom. The van der Waals surface area contributed by atoms with Gasteiger partial charge in [0, 0.05) is 50.2 Å². The number of anilines is 1. The van der Waals surface area contributed by atoms with Crippen LogP contribution in [0, 0.1) is 25.2 Å². The van der Waals surface area contributed by atoms with Crippen molar-refractivity contribution in [1.82, 2.24) is 19.9 Å². The third-order valence-electron chi connectivity index (χ3n) is 4.25. The van der Waals surface area contributed by atoms with Crippen LogP contribution in [-0.2, 0) is 6.54 Å². The van der Waals surface area contributed by atoms with Crippen LogP contribution in [0.25, 0.3) is 0 Å². The number of hydrogen-bond donors (Lipinski definition) is 1. The molecule has 0 spiro atoms. The Hall–Kier alpha value is -2.39. The number of hydrogen-bond acceptors (Lipinski definition) is 5. The molecule has 0 saturated carbocycles. The minimum absolute atomic E-state index is 0.626. The van der Waals surface area contributed by atoms with Crippen LogP contribution in [-0.4, -0.2) is 46.0 Å². The summed E-state index contributed by atoms with van der Waals surface area (Å²) in [7, 11) is 0. The summed E-state index contributed by atoms with van der Waals surface area (Å²) in [5.74, 6) is 1.06. The van der Waals surface area contributed by atoms with E-state index in [0.717, 1.165) is 44.2 Å². The molecule has 22 heavy (non-hydrogen) atoms. The summed E-state index contributed by atoms with van der Waals surface area (Å²) in [6.07, 6.45) is 3.57. The van der Waals surface area contributed by atoms with Gasteiger partial charge in [-0.25, -0.2) is 9.97 Å². The van der Waals surface area contributed by atoms with E-state index in [0.29, 0.717) is 5.69 Å². The number of nitriles is 1. The maximum atomic E-state index is 8.85. The van der Waals surface area contributed by atoms with Crippen molar-refractivity contribution in [2.75, 3.05) is 31.1 Å². The first kappa shape index (κ1) is 14.5. The molecular formula is C16H20N6. The van der Waals surface area contributed by atoms with Gasteiger partial charge in [0.2, 0.25) is 0 Å². The molecule has 1 N–H and O–H groups in total. The van der Waals surface area contributed by atoms with E-state index in [1.165, 1.54) is 11.1 Å². The molecule has 0 amide bonds. The van der Waals surface area contributed by atoms with Crippen molar-refractivity contribution < 1.29 is 0 Å². The normalized spacial score (nSPS) is 15.8. The number of nitrogens with zero attached hydrogens (tertiary/aromatic N) is 5. The average Bonchev–Trinajstić information content (AvgIpc) is 2.99. The summed E-state index contributed by atoms with van der Waals surface area (Å²) >= 11 is 0. The summed E-state index contributed by atoms with van der Waals surface area (Å²) < 4.78 is 0. The Morgan fingerprint density at radius 1 is 1.23 bits per heavy atom. The topological polar surface area (TPSA) is 71.8 Å². The SMILES string of the molecule is Cc1ncnc(N2CCN(Cc3c[nH]c(C#N)c3)CC2)c1C. The van der Waals surface area contributed by atoms with Crippen LogP contribution in [0.15, 0.2) is 18.6 Å². The van der Waals surface area contributed by atoms with Crippen molar-refractivity contribution in [2.24, 2.45) is 0 Å². The van der Waals surface area contributed by atoms with Crippen molar-refractivity contribution in [3.63, 3.8) is 0 Å². The van der Waals surface area contributed by atoms with Gasteiger partial charge in [-0.2, -0.15) is 5.26 Å². The molecule has 0 aliphatic carbocycles. The zero-order valence-corrected chi connectivity index (χ0v) is 13.0. The first-order chi connectivity index (χ1) is 10.7. The van der Waals surface area contributed by atoms with Crippen LogP contribution >= 0.6 is 0 Å². The molecule has 6 heteroatoms. The number of aromatic nitrogens is 3. The van der Waals surface area contributed by atoms with Crippen LogP contribution in [0.4, 0.5) is 5.82 Å². The second kappa shape index (κ2) is 6.16. The van der Waals surface area contributed by atoms with Crippen molar-refractivity contribution in [2.45, 2.75) is 20.4 Å². The number of aryl methyl sites for hydroxylation is 1. The second-order valence-corrected chi connectivity index (χ2v) is 5.70. The van der Waals surface area contributed by atoms with E-state index in [2.05, 4.69) is 37.7 Å². The lowest BCUT2D eigenvalue weighted by atomic mass is 10.2. The molecule has 114 valence electrons. The van der Waals surface area contributed by atoms with Crippen LogP contribution in [0.3, 0.4) is 0 Å². The predicted octanol–water partition coefficient (Wildman–Crippen LogP) is 1.62. The molecule has 1 saturated heterocycles. The molecule has 1 aliphatic heterocycles. The fourth-order valence-electron chi connectivity index (χ4n) is 2.82. The van der Waals surface area contributed by atoms with Gasteiger partial charge in [-0.3, -0.25) is 4.90 Å². The smallest absolute Gasteiger partial charge is 0.135 e. The standard InChI is InChI=1S/C16H20N6/c1-12-13(2)19-11-20-16(12)22-5-3-21(4-6-22)10-14-7-15(8-17)18-9-14/h7,9,11,18H,3-6,10H2,1-2H3. The third kappa shape index (κ3) is 2.95. The molecule has 2 aromatic heterocycles. The molecule has 1 fully saturated rings. The predicted molar refractivity (Wildman–Crippen MR) is 84.5 cm³/mol. The molecular weight excluding hydrogens is 276 g/mol. The molecule has 0 bridgehead atoms.